The van der Waals surface area contributed by atoms with Gasteiger partial charge in [-0.1, -0.05) is 35.3 Å². The Labute approximate surface area is 161 Å². The van der Waals surface area contributed by atoms with Crippen molar-refractivity contribution in [2.75, 3.05) is 13.2 Å². The zero-order valence-corrected chi connectivity index (χ0v) is 15.5. The van der Waals surface area contributed by atoms with Crippen LogP contribution in [0.3, 0.4) is 0 Å². The van der Waals surface area contributed by atoms with E-state index in [0.29, 0.717) is 22.9 Å². The molecule has 2 aromatic rings. The molecule has 0 radical (unpaired) electrons. The minimum Gasteiger partial charge on any atom is -0.493 e. The highest BCUT2D eigenvalue weighted by molar-refractivity contribution is 6.42. The Balaban J connectivity index is 1.85. The van der Waals surface area contributed by atoms with Crippen LogP contribution in [0.2, 0.25) is 10.0 Å². The second-order valence-corrected chi connectivity index (χ2v) is 5.89. The molecule has 136 valence electrons. The van der Waals surface area contributed by atoms with Crippen LogP contribution in [0.1, 0.15) is 22.8 Å². The van der Waals surface area contributed by atoms with Gasteiger partial charge in [-0.2, -0.15) is 5.10 Å². The molecule has 2 N–H and O–H groups in total. The lowest BCUT2D eigenvalue weighted by Gasteiger charge is -2.06. The fourth-order valence-electron chi connectivity index (χ4n) is 1.99. The summed E-state index contributed by atoms with van der Waals surface area (Å²) in [5, 5.41) is 6.96. The number of ether oxygens (including phenoxy) is 1. The number of hydrazone groups is 1. The van der Waals surface area contributed by atoms with Crippen molar-refractivity contribution in [2.24, 2.45) is 5.10 Å². The Morgan fingerprint density at radius 3 is 2.65 bits per heavy atom. The van der Waals surface area contributed by atoms with Crippen LogP contribution in [-0.4, -0.2) is 31.2 Å². The maximum absolute atomic E-state index is 12.0. The van der Waals surface area contributed by atoms with E-state index in [0.717, 1.165) is 5.56 Å². The van der Waals surface area contributed by atoms with Crippen LogP contribution in [0.15, 0.2) is 47.6 Å². The average molecular weight is 394 g/mol. The highest BCUT2D eigenvalue weighted by atomic mass is 35.5. The van der Waals surface area contributed by atoms with Gasteiger partial charge in [0.1, 0.15) is 5.75 Å². The SMILES string of the molecule is CCOc1ccccc1/C=N\NC(=O)CNC(=O)c1ccc(Cl)c(Cl)c1. The molecule has 0 saturated heterocycles. The first-order valence-electron chi connectivity index (χ1n) is 7.78. The standard InChI is InChI=1S/C18H17Cl2N3O3/c1-2-26-16-6-4-3-5-13(16)10-22-23-17(24)11-21-18(25)12-7-8-14(19)15(20)9-12/h3-10H,2,11H2,1H3,(H,21,25)(H,23,24)/b22-10-. The van der Waals surface area contributed by atoms with Crippen molar-refractivity contribution in [2.45, 2.75) is 6.92 Å². The molecule has 0 aromatic heterocycles. The lowest BCUT2D eigenvalue weighted by Crippen LogP contribution is -2.34. The molecule has 0 aliphatic heterocycles. The lowest BCUT2D eigenvalue weighted by atomic mass is 10.2. The summed E-state index contributed by atoms with van der Waals surface area (Å²) in [7, 11) is 0. The number of carbonyl (C=O) groups is 2. The van der Waals surface area contributed by atoms with E-state index in [1.165, 1.54) is 24.4 Å². The molecule has 0 heterocycles. The second kappa shape index (κ2) is 9.79. The number of para-hydroxylation sites is 1. The molecule has 2 rings (SSSR count). The van der Waals surface area contributed by atoms with Crippen LogP contribution in [0.4, 0.5) is 0 Å². The van der Waals surface area contributed by atoms with E-state index in [9.17, 15) is 9.59 Å². The topological polar surface area (TPSA) is 79.8 Å². The summed E-state index contributed by atoms with van der Waals surface area (Å²) in [4.78, 5) is 23.8. The second-order valence-electron chi connectivity index (χ2n) is 5.08. The van der Waals surface area contributed by atoms with Crippen molar-refractivity contribution in [1.29, 1.82) is 0 Å². The quantitative estimate of drug-likeness (QED) is 0.559. The van der Waals surface area contributed by atoms with Gasteiger partial charge in [0.25, 0.3) is 11.8 Å². The van der Waals surface area contributed by atoms with Gasteiger partial charge < -0.3 is 10.1 Å². The third-order valence-electron chi connectivity index (χ3n) is 3.20. The largest absolute Gasteiger partial charge is 0.493 e. The highest BCUT2D eigenvalue weighted by Gasteiger charge is 2.09. The average Bonchev–Trinajstić information content (AvgIpc) is 2.63. The van der Waals surface area contributed by atoms with Crippen molar-refractivity contribution in [3.63, 3.8) is 0 Å². The summed E-state index contributed by atoms with van der Waals surface area (Å²) in [5.74, 6) is -0.242. The molecule has 26 heavy (non-hydrogen) atoms. The van der Waals surface area contributed by atoms with Gasteiger partial charge in [0.05, 0.1) is 29.4 Å². The van der Waals surface area contributed by atoms with Crippen molar-refractivity contribution in [1.82, 2.24) is 10.7 Å². The first-order valence-corrected chi connectivity index (χ1v) is 8.54. The number of nitrogens with one attached hydrogen (secondary N) is 2. The Morgan fingerprint density at radius 2 is 1.92 bits per heavy atom. The normalized spacial score (nSPS) is 10.6. The number of benzene rings is 2. The van der Waals surface area contributed by atoms with E-state index in [4.69, 9.17) is 27.9 Å². The van der Waals surface area contributed by atoms with Gasteiger partial charge in [-0.25, -0.2) is 5.43 Å². The minimum atomic E-state index is -0.469. The maximum Gasteiger partial charge on any atom is 0.259 e. The molecule has 8 heteroatoms. The molecule has 0 aliphatic rings. The van der Waals surface area contributed by atoms with Gasteiger partial charge in [-0.3, -0.25) is 9.59 Å². The van der Waals surface area contributed by atoms with E-state index < -0.39 is 11.8 Å². The molecule has 6 nitrogen and oxygen atoms in total. The molecular formula is C18H17Cl2N3O3. The Hall–Kier alpha value is -2.57. The van der Waals surface area contributed by atoms with E-state index >= 15 is 0 Å². The summed E-state index contributed by atoms with van der Waals surface area (Å²) in [6.45, 7) is 2.17. The molecule has 0 unspecified atom stereocenters. The molecule has 0 fully saturated rings. The maximum atomic E-state index is 12.0. The van der Waals surface area contributed by atoms with Crippen molar-refractivity contribution in [3.05, 3.63) is 63.6 Å². The Bertz CT molecular complexity index is 825. The number of nitrogens with zero attached hydrogens (tertiary/aromatic N) is 1. The molecule has 0 atom stereocenters. The predicted molar refractivity (Wildman–Crippen MR) is 102 cm³/mol. The predicted octanol–water partition coefficient (Wildman–Crippen LogP) is 3.27. The van der Waals surface area contributed by atoms with Crippen LogP contribution >= 0.6 is 23.2 Å². The highest BCUT2D eigenvalue weighted by Crippen LogP contribution is 2.22. The number of hydrogen-bond donors (Lipinski definition) is 2. The van der Waals surface area contributed by atoms with Gasteiger partial charge in [0.15, 0.2) is 0 Å². The zero-order valence-electron chi connectivity index (χ0n) is 14.0. The van der Waals surface area contributed by atoms with Gasteiger partial charge in [0.2, 0.25) is 0 Å². The van der Waals surface area contributed by atoms with Gasteiger partial charge >= 0.3 is 0 Å². The molecule has 0 spiro atoms. The van der Waals surface area contributed by atoms with Crippen LogP contribution in [0.5, 0.6) is 5.75 Å². The summed E-state index contributed by atoms with van der Waals surface area (Å²) < 4.78 is 5.46. The summed E-state index contributed by atoms with van der Waals surface area (Å²) in [6, 6.07) is 11.8. The third-order valence-corrected chi connectivity index (χ3v) is 3.94. The monoisotopic (exact) mass is 393 g/mol. The van der Waals surface area contributed by atoms with E-state index in [-0.39, 0.29) is 11.6 Å². The number of amides is 2. The zero-order chi connectivity index (χ0) is 18.9. The van der Waals surface area contributed by atoms with Crippen molar-refractivity contribution < 1.29 is 14.3 Å². The van der Waals surface area contributed by atoms with Crippen LogP contribution in [0, 0.1) is 0 Å². The van der Waals surface area contributed by atoms with E-state index in [1.807, 2.05) is 31.2 Å². The third kappa shape index (κ3) is 5.75. The van der Waals surface area contributed by atoms with Crippen LogP contribution in [0.25, 0.3) is 0 Å². The molecule has 0 bridgehead atoms. The van der Waals surface area contributed by atoms with Crippen LogP contribution < -0.4 is 15.5 Å². The first kappa shape index (κ1) is 19.8. The van der Waals surface area contributed by atoms with Gasteiger partial charge in [-0.05, 0) is 37.3 Å². The fraction of sp³-hybridized carbons (Fsp3) is 0.167. The minimum absolute atomic E-state index is 0.233. The number of halogens is 2. The van der Waals surface area contributed by atoms with Crippen molar-refractivity contribution in [3.8, 4) is 5.75 Å². The first-order chi connectivity index (χ1) is 12.5. The smallest absolute Gasteiger partial charge is 0.259 e. The fourth-order valence-corrected chi connectivity index (χ4v) is 2.29. The summed E-state index contributed by atoms with van der Waals surface area (Å²) in [5.41, 5.74) is 3.38. The number of carbonyl (C=O) groups excluding carboxylic acids is 2. The molecule has 0 aliphatic carbocycles. The van der Waals surface area contributed by atoms with Crippen LogP contribution in [-0.2, 0) is 4.79 Å². The van der Waals surface area contributed by atoms with E-state index in [2.05, 4.69) is 15.8 Å². The van der Waals surface area contributed by atoms with E-state index in [1.54, 1.807) is 0 Å². The molecule has 0 saturated carbocycles. The number of rotatable bonds is 7. The molecular weight excluding hydrogens is 377 g/mol. The Kier molecular flexibility index (Phi) is 7.44. The Morgan fingerprint density at radius 1 is 1.15 bits per heavy atom. The molecule has 2 aromatic carbocycles. The lowest BCUT2D eigenvalue weighted by molar-refractivity contribution is -0.120. The van der Waals surface area contributed by atoms with Gasteiger partial charge in [0, 0.05) is 11.1 Å². The summed E-state index contributed by atoms with van der Waals surface area (Å²) >= 11 is 11.7. The molecule has 2 amide bonds. The summed E-state index contributed by atoms with van der Waals surface area (Å²) in [6.07, 6.45) is 1.48. The van der Waals surface area contributed by atoms with Gasteiger partial charge in [-0.15, -0.1) is 0 Å². The number of hydrogen-bond acceptors (Lipinski definition) is 4. The van der Waals surface area contributed by atoms with Crippen molar-refractivity contribution >= 4 is 41.2 Å².